The van der Waals surface area contributed by atoms with Crippen molar-refractivity contribution in [1.29, 1.82) is 0 Å². The number of hydrogen-bond donors (Lipinski definition) is 0. The number of methoxy groups -OCH3 is 1. The Bertz CT molecular complexity index is 956. The van der Waals surface area contributed by atoms with Crippen molar-refractivity contribution in [1.82, 2.24) is 9.91 Å². The third-order valence-electron chi connectivity index (χ3n) is 5.59. The molecule has 1 aliphatic rings. The Balaban J connectivity index is 1.41. The molecular formula is C26H27N3O2. The van der Waals surface area contributed by atoms with Gasteiger partial charge in [0.2, 0.25) is 0 Å². The Hall–Kier alpha value is -3.44. The van der Waals surface area contributed by atoms with Gasteiger partial charge < -0.3 is 4.74 Å². The van der Waals surface area contributed by atoms with E-state index in [1.54, 1.807) is 12.1 Å². The van der Waals surface area contributed by atoms with E-state index in [0.717, 1.165) is 31.7 Å². The first-order valence-corrected chi connectivity index (χ1v) is 10.6. The fourth-order valence-electron chi connectivity index (χ4n) is 3.94. The fraction of sp³-hybridized carbons (Fsp3) is 0.231. The Labute approximate surface area is 183 Å². The summed E-state index contributed by atoms with van der Waals surface area (Å²) in [4.78, 5) is 14.1. The number of nitrogens with zero attached hydrogens (tertiary/aromatic N) is 3. The van der Waals surface area contributed by atoms with E-state index < -0.39 is 0 Å². The molecule has 31 heavy (non-hydrogen) atoms. The maximum Gasteiger partial charge on any atom is 0.337 e. The molecule has 5 nitrogen and oxygen atoms in total. The zero-order valence-electron chi connectivity index (χ0n) is 17.7. The first-order chi connectivity index (χ1) is 15.2. The van der Waals surface area contributed by atoms with Crippen LogP contribution < -0.4 is 0 Å². The van der Waals surface area contributed by atoms with E-state index in [9.17, 15) is 4.79 Å². The molecule has 0 atom stereocenters. The summed E-state index contributed by atoms with van der Waals surface area (Å²) in [5.74, 6) is -0.328. The van der Waals surface area contributed by atoms with Gasteiger partial charge in [-0.3, -0.25) is 9.91 Å². The molecule has 3 aromatic carbocycles. The highest BCUT2D eigenvalue weighted by atomic mass is 16.5. The monoisotopic (exact) mass is 413 g/mol. The lowest BCUT2D eigenvalue weighted by Crippen LogP contribution is -2.45. The Morgan fingerprint density at radius 2 is 1.39 bits per heavy atom. The molecule has 1 aliphatic heterocycles. The van der Waals surface area contributed by atoms with Gasteiger partial charge in [-0.15, -0.1) is 0 Å². The van der Waals surface area contributed by atoms with E-state index in [1.165, 1.54) is 18.2 Å². The van der Waals surface area contributed by atoms with Crippen LogP contribution in [-0.4, -0.2) is 55.4 Å². The van der Waals surface area contributed by atoms with Gasteiger partial charge in [-0.05, 0) is 28.8 Å². The minimum atomic E-state index is -0.328. The average molecular weight is 414 g/mol. The number of piperazine rings is 1. The summed E-state index contributed by atoms with van der Waals surface area (Å²) in [6.45, 7) is 3.61. The first kappa shape index (κ1) is 20.8. The highest BCUT2D eigenvalue weighted by Crippen LogP contribution is 2.29. The summed E-state index contributed by atoms with van der Waals surface area (Å²) in [5, 5.41) is 6.76. The van der Waals surface area contributed by atoms with Crippen LogP contribution >= 0.6 is 0 Å². The van der Waals surface area contributed by atoms with Crippen LogP contribution in [-0.2, 0) is 4.74 Å². The number of carbonyl (C=O) groups excluding carboxylic acids is 1. The minimum Gasteiger partial charge on any atom is -0.465 e. The normalized spacial score (nSPS) is 14.8. The van der Waals surface area contributed by atoms with E-state index in [0.29, 0.717) is 5.56 Å². The first-order valence-electron chi connectivity index (χ1n) is 10.6. The molecule has 0 aromatic heterocycles. The summed E-state index contributed by atoms with van der Waals surface area (Å²) >= 11 is 0. The molecule has 5 heteroatoms. The van der Waals surface area contributed by atoms with Crippen LogP contribution in [0.5, 0.6) is 0 Å². The predicted octanol–water partition coefficient (Wildman–Crippen LogP) is 4.21. The van der Waals surface area contributed by atoms with E-state index in [-0.39, 0.29) is 12.0 Å². The number of ether oxygens (including phenoxy) is 1. The number of hydrazone groups is 1. The van der Waals surface area contributed by atoms with Gasteiger partial charge in [0, 0.05) is 26.2 Å². The van der Waals surface area contributed by atoms with Crippen molar-refractivity contribution in [2.24, 2.45) is 5.10 Å². The molecular weight excluding hydrogens is 386 g/mol. The smallest absolute Gasteiger partial charge is 0.337 e. The van der Waals surface area contributed by atoms with Gasteiger partial charge in [-0.25, -0.2) is 4.79 Å². The maximum absolute atomic E-state index is 11.6. The lowest BCUT2D eigenvalue weighted by molar-refractivity contribution is 0.0600. The SMILES string of the molecule is COC(=O)c1ccc(/C=N/N2CCN(C(c3ccccc3)c3ccccc3)CC2)cc1. The second-order valence-electron chi connectivity index (χ2n) is 7.57. The van der Waals surface area contributed by atoms with Crippen LogP contribution in [0.25, 0.3) is 0 Å². The van der Waals surface area contributed by atoms with E-state index in [1.807, 2.05) is 18.3 Å². The van der Waals surface area contributed by atoms with Crippen molar-refractivity contribution in [3.63, 3.8) is 0 Å². The molecule has 0 aliphatic carbocycles. The molecule has 0 unspecified atom stereocenters. The van der Waals surface area contributed by atoms with Crippen LogP contribution in [0.3, 0.4) is 0 Å². The number of benzene rings is 3. The Kier molecular flexibility index (Phi) is 6.75. The molecule has 4 rings (SSSR count). The molecule has 1 fully saturated rings. The van der Waals surface area contributed by atoms with E-state index >= 15 is 0 Å². The van der Waals surface area contributed by atoms with Gasteiger partial charge in [0.1, 0.15) is 0 Å². The third kappa shape index (κ3) is 5.19. The largest absolute Gasteiger partial charge is 0.465 e. The van der Waals surface area contributed by atoms with Crippen LogP contribution in [0.2, 0.25) is 0 Å². The Morgan fingerprint density at radius 3 is 1.90 bits per heavy atom. The number of rotatable bonds is 6. The van der Waals surface area contributed by atoms with Crippen molar-refractivity contribution in [2.75, 3.05) is 33.3 Å². The third-order valence-corrected chi connectivity index (χ3v) is 5.59. The van der Waals surface area contributed by atoms with Crippen molar-refractivity contribution < 1.29 is 9.53 Å². The number of esters is 1. The predicted molar refractivity (Wildman–Crippen MR) is 123 cm³/mol. The average Bonchev–Trinajstić information content (AvgIpc) is 2.85. The molecule has 0 bridgehead atoms. The minimum absolute atomic E-state index is 0.249. The molecule has 0 spiro atoms. The summed E-state index contributed by atoms with van der Waals surface area (Å²) in [6, 6.07) is 28.9. The molecule has 0 saturated carbocycles. The maximum atomic E-state index is 11.6. The topological polar surface area (TPSA) is 45.1 Å². The lowest BCUT2D eigenvalue weighted by Gasteiger charge is -2.38. The van der Waals surface area contributed by atoms with Gasteiger partial charge in [-0.1, -0.05) is 72.8 Å². The molecule has 1 heterocycles. The van der Waals surface area contributed by atoms with Gasteiger partial charge >= 0.3 is 5.97 Å². The van der Waals surface area contributed by atoms with Crippen LogP contribution in [0.15, 0.2) is 90.0 Å². The second kappa shape index (κ2) is 10.0. The number of hydrogen-bond acceptors (Lipinski definition) is 5. The van der Waals surface area contributed by atoms with Crippen LogP contribution in [0, 0.1) is 0 Å². The summed E-state index contributed by atoms with van der Waals surface area (Å²) < 4.78 is 4.74. The zero-order chi connectivity index (χ0) is 21.5. The van der Waals surface area contributed by atoms with Crippen molar-refractivity contribution >= 4 is 12.2 Å². The standard InChI is InChI=1S/C26H27N3O2/c1-31-26(30)24-14-12-21(13-15-24)20-27-29-18-16-28(17-19-29)25(22-8-4-2-5-9-22)23-10-6-3-7-11-23/h2-15,20,25H,16-19H2,1H3/b27-20+. The molecule has 1 saturated heterocycles. The lowest BCUT2D eigenvalue weighted by atomic mass is 9.96. The van der Waals surface area contributed by atoms with Gasteiger partial charge in [0.25, 0.3) is 0 Å². The molecule has 0 amide bonds. The van der Waals surface area contributed by atoms with Crippen molar-refractivity contribution in [3.05, 3.63) is 107 Å². The van der Waals surface area contributed by atoms with Gasteiger partial charge in [0.05, 0.1) is 24.9 Å². The van der Waals surface area contributed by atoms with Gasteiger partial charge in [0.15, 0.2) is 0 Å². The van der Waals surface area contributed by atoms with E-state index in [2.05, 4.69) is 75.7 Å². The molecule has 3 aromatic rings. The highest BCUT2D eigenvalue weighted by molar-refractivity contribution is 5.90. The van der Waals surface area contributed by atoms with Crippen molar-refractivity contribution in [3.8, 4) is 0 Å². The zero-order valence-corrected chi connectivity index (χ0v) is 17.7. The van der Waals surface area contributed by atoms with Gasteiger partial charge in [-0.2, -0.15) is 5.10 Å². The highest BCUT2D eigenvalue weighted by Gasteiger charge is 2.25. The Morgan fingerprint density at radius 1 is 0.839 bits per heavy atom. The summed E-state index contributed by atoms with van der Waals surface area (Å²) in [7, 11) is 1.39. The number of carbonyl (C=O) groups is 1. The molecule has 0 N–H and O–H groups in total. The summed E-state index contributed by atoms with van der Waals surface area (Å²) in [6.07, 6.45) is 1.85. The van der Waals surface area contributed by atoms with Crippen LogP contribution in [0.1, 0.15) is 33.1 Å². The quantitative estimate of drug-likeness (QED) is 0.449. The van der Waals surface area contributed by atoms with E-state index in [4.69, 9.17) is 4.74 Å². The summed E-state index contributed by atoms with van der Waals surface area (Å²) in [5.41, 5.74) is 4.13. The van der Waals surface area contributed by atoms with Crippen molar-refractivity contribution in [2.45, 2.75) is 6.04 Å². The molecule has 158 valence electrons. The molecule has 0 radical (unpaired) electrons. The second-order valence-corrected chi connectivity index (χ2v) is 7.57. The van der Waals surface area contributed by atoms with Crippen LogP contribution in [0.4, 0.5) is 0 Å². The fourth-order valence-corrected chi connectivity index (χ4v) is 3.94.